The molecule has 1 unspecified atom stereocenters. The highest BCUT2D eigenvalue weighted by atomic mass is 19.1. The highest BCUT2D eigenvalue weighted by Crippen LogP contribution is 2.45. The van der Waals surface area contributed by atoms with E-state index in [-0.39, 0.29) is 17.2 Å². The highest BCUT2D eigenvalue weighted by Gasteiger charge is 2.52. The van der Waals surface area contributed by atoms with Crippen LogP contribution >= 0.6 is 0 Å². The number of amides is 2. The summed E-state index contributed by atoms with van der Waals surface area (Å²) in [5.41, 5.74) is -0.0595. The average molecular weight is 359 g/mol. The van der Waals surface area contributed by atoms with Gasteiger partial charge in [0.2, 0.25) is 11.8 Å². The molecule has 0 bridgehead atoms. The van der Waals surface area contributed by atoms with Crippen LogP contribution in [0.4, 0.5) is 10.1 Å². The van der Waals surface area contributed by atoms with Crippen molar-refractivity contribution in [1.29, 1.82) is 0 Å². The van der Waals surface area contributed by atoms with Gasteiger partial charge < -0.3 is 15.1 Å². The number of nitrogens with one attached hydrogen (secondary N) is 1. The number of rotatable bonds is 3. The largest absolute Gasteiger partial charge is 0.333 e. The number of fused-ring (bicyclic) bond motifs is 1. The molecule has 3 aliphatic rings. The molecule has 2 heterocycles. The van der Waals surface area contributed by atoms with Gasteiger partial charge in [0.1, 0.15) is 11.9 Å². The van der Waals surface area contributed by atoms with Gasteiger partial charge in [-0.2, -0.15) is 0 Å². The monoisotopic (exact) mass is 359 g/mol. The van der Waals surface area contributed by atoms with Crippen LogP contribution in [0.5, 0.6) is 0 Å². The van der Waals surface area contributed by atoms with Crippen molar-refractivity contribution < 1.29 is 14.0 Å². The van der Waals surface area contributed by atoms with Gasteiger partial charge in [0, 0.05) is 20.1 Å². The molecule has 2 saturated heterocycles. The van der Waals surface area contributed by atoms with E-state index < -0.39 is 11.9 Å². The summed E-state index contributed by atoms with van der Waals surface area (Å²) < 4.78 is 14.1. The predicted octanol–water partition coefficient (Wildman–Crippen LogP) is 2.17. The molecule has 0 radical (unpaired) electrons. The lowest BCUT2D eigenvalue weighted by Gasteiger charge is -2.41. The summed E-state index contributed by atoms with van der Waals surface area (Å²) in [6.07, 6.45) is 4.76. The van der Waals surface area contributed by atoms with Crippen molar-refractivity contribution in [3.05, 3.63) is 30.1 Å². The third-order valence-electron chi connectivity index (χ3n) is 6.57. The number of hydrogen-bond acceptors (Lipinski definition) is 3. The molecule has 26 heavy (non-hydrogen) atoms. The fourth-order valence-corrected chi connectivity index (χ4v) is 5.10. The Balaban J connectivity index is 1.54. The summed E-state index contributed by atoms with van der Waals surface area (Å²) >= 11 is 0. The quantitative estimate of drug-likeness (QED) is 0.900. The molecule has 0 spiro atoms. The molecule has 2 aliphatic heterocycles. The van der Waals surface area contributed by atoms with Crippen molar-refractivity contribution in [1.82, 2.24) is 10.2 Å². The minimum absolute atomic E-state index is 0.0842. The zero-order chi connectivity index (χ0) is 18.3. The Bertz CT molecular complexity index is 725. The van der Waals surface area contributed by atoms with Crippen LogP contribution in [-0.4, -0.2) is 49.4 Å². The SMILES string of the molecule is CN(C(=O)[C@@]12CCCC[C@H]1CNC2)C1CCN(c2ccccc2F)C1=O. The van der Waals surface area contributed by atoms with Crippen LogP contribution in [0.2, 0.25) is 0 Å². The van der Waals surface area contributed by atoms with Crippen molar-refractivity contribution in [3.63, 3.8) is 0 Å². The third kappa shape index (κ3) is 2.62. The molecule has 1 aliphatic carbocycles. The van der Waals surface area contributed by atoms with E-state index in [1.807, 2.05) is 0 Å². The molecule has 2 amide bonds. The van der Waals surface area contributed by atoms with Crippen LogP contribution in [0, 0.1) is 17.2 Å². The van der Waals surface area contributed by atoms with Gasteiger partial charge >= 0.3 is 0 Å². The van der Waals surface area contributed by atoms with E-state index in [4.69, 9.17) is 0 Å². The zero-order valence-corrected chi connectivity index (χ0v) is 15.2. The Morgan fingerprint density at radius 3 is 2.92 bits per heavy atom. The Morgan fingerprint density at radius 2 is 2.12 bits per heavy atom. The van der Waals surface area contributed by atoms with Gasteiger partial charge in [-0.25, -0.2) is 4.39 Å². The second kappa shape index (κ2) is 6.65. The van der Waals surface area contributed by atoms with Gasteiger partial charge in [-0.05, 0) is 43.9 Å². The van der Waals surface area contributed by atoms with Crippen LogP contribution in [0.15, 0.2) is 24.3 Å². The summed E-state index contributed by atoms with van der Waals surface area (Å²) in [6, 6.07) is 5.82. The number of carbonyl (C=O) groups is 2. The van der Waals surface area contributed by atoms with Crippen LogP contribution in [0.3, 0.4) is 0 Å². The maximum absolute atomic E-state index is 14.1. The first-order valence-corrected chi connectivity index (χ1v) is 9.58. The number of nitrogens with zero attached hydrogens (tertiary/aromatic N) is 2. The Kier molecular flexibility index (Phi) is 4.47. The van der Waals surface area contributed by atoms with E-state index in [2.05, 4.69) is 5.32 Å². The van der Waals surface area contributed by atoms with E-state index in [1.54, 1.807) is 30.1 Å². The molecule has 140 valence electrons. The summed E-state index contributed by atoms with van der Waals surface area (Å²) in [6.45, 7) is 2.04. The number of para-hydroxylation sites is 1. The first-order valence-electron chi connectivity index (χ1n) is 9.58. The van der Waals surface area contributed by atoms with Crippen molar-refractivity contribution in [2.75, 3.05) is 31.6 Å². The van der Waals surface area contributed by atoms with Crippen LogP contribution < -0.4 is 10.2 Å². The van der Waals surface area contributed by atoms with Gasteiger partial charge in [-0.15, -0.1) is 0 Å². The topological polar surface area (TPSA) is 52.7 Å². The van der Waals surface area contributed by atoms with Crippen molar-refractivity contribution in [2.24, 2.45) is 11.3 Å². The Morgan fingerprint density at radius 1 is 1.31 bits per heavy atom. The molecule has 1 aromatic rings. The third-order valence-corrected chi connectivity index (χ3v) is 6.57. The van der Waals surface area contributed by atoms with Crippen molar-refractivity contribution >= 4 is 17.5 Å². The average Bonchev–Trinajstić information content (AvgIpc) is 3.25. The highest BCUT2D eigenvalue weighted by molar-refractivity contribution is 6.02. The summed E-state index contributed by atoms with van der Waals surface area (Å²) in [7, 11) is 1.74. The second-order valence-corrected chi connectivity index (χ2v) is 7.89. The number of likely N-dealkylation sites (N-methyl/N-ethyl adjacent to an activating group) is 1. The van der Waals surface area contributed by atoms with E-state index in [0.29, 0.717) is 31.1 Å². The lowest BCUT2D eigenvalue weighted by molar-refractivity contribution is -0.148. The zero-order valence-electron chi connectivity index (χ0n) is 15.2. The number of benzene rings is 1. The Labute approximate surface area is 153 Å². The first-order chi connectivity index (χ1) is 12.5. The van der Waals surface area contributed by atoms with Gasteiger partial charge in [-0.3, -0.25) is 9.59 Å². The summed E-state index contributed by atoms with van der Waals surface area (Å²) in [4.78, 5) is 29.4. The molecule has 6 heteroatoms. The van der Waals surface area contributed by atoms with E-state index in [9.17, 15) is 14.0 Å². The summed E-state index contributed by atoms with van der Waals surface area (Å²) in [5, 5.41) is 3.39. The van der Waals surface area contributed by atoms with Crippen molar-refractivity contribution in [3.8, 4) is 0 Å². The molecule has 1 N–H and O–H groups in total. The minimum atomic E-state index is -0.500. The lowest BCUT2D eigenvalue weighted by atomic mass is 9.67. The number of hydrogen-bond donors (Lipinski definition) is 1. The van der Waals surface area contributed by atoms with Crippen LogP contribution in [0.1, 0.15) is 32.1 Å². The van der Waals surface area contributed by atoms with Gasteiger partial charge in [0.25, 0.3) is 0 Å². The van der Waals surface area contributed by atoms with E-state index >= 15 is 0 Å². The molecule has 3 fully saturated rings. The normalized spacial score (nSPS) is 31.2. The maximum Gasteiger partial charge on any atom is 0.249 e. The Hall–Kier alpha value is -1.95. The van der Waals surface area contributed by atoms with Gasteiger partial charge in [-0.1, -0.05) is 25.0 Å². The van der Waals surface area contributed by atoms with E-state index in [0.717, 1.165) is 25.8 Å². The molecule has 5 nitrogen and oxygen atoms in total. The van der Waals surface area contributed by atoms with Gasteiger partial charge in [0.15, 0.2) is 0 Å². The maximum atomic E-state index is 14.1. The fourth-order valence-electron chi connectivity index (χ4n) is 5.10. The predicted molar refractivity (Wildman–Crippen MR) is 97.2 cm³/mol. The van der Waals surface area contributed by atoms with Crippen LogP contribution in [0.25, 0.3) is 0 Å². The minimum Gasteiger partial charge on any atom is -0.333 e. The molecular weight excluding hydrogens is 333 g/mol. The first kappa shape index (κ1) is 17.5. The standard InChI is InChI=1S/C20H26FN3O2/c1-23(19(26)20-10-5-4-6-14(20)12-22-13-20)17-9-11-24(18(17)25)16-8-3-2-7-15(16)21/h2-3,7-8,14,17,22H,4-6,9-13H2,1H3/t14-,17?,20+/m0/s1. The number of halogens is 1. The number of anilines is 1. The van der Waals surface area contributed by atoms with Crippen molar-refractivity contribution in [2.45, 2.75) is 38.1 Å². The van der Waals surface area contributed by atoms with Crippen LogP contribution in [-0.2, 0) is 9.59 Å². The molecule has 0 aromatic heterocycles. The smallest absolute Gasteiger partial charge is 0.249 e. The molecule has 3 atom stereocenters. The molecular formula is C20H26FN3O2. The fraction of sp³-hybridized carbons (Fsp3) is 0.600. The summed E-state index contributed by atoms with van der Waals surface area (Å²) in [5.74, 6) is -0.131. The molecule has 1 aromatic carbocycles. The van der Waals surface area contributed by atoms with E-state index in [1.165, 1.54) is 17.4 Å². The van der Waals surface area contributed by atoms with Gasteiger partial charge in [0.05, 0.1) is 11.1 Å². The molecule has 4 rings (SSSR count). The number of carbonyl (C=O) groups excluding carboxylic acids is 2. The lowest BCUT2D eigenvalue weighted by Crippen LogP contribution is -2.53. The molecule has 1 saturated carbocycles. The second-order valence-electron chi connectivity index (χ2n) is 7.89.